The lowest BCUT2D eigenvalue weighted by molar-refractivity contribution is -0.127. The Balaban J connectivity index is 2.65. The highest BCUT2D eigenvalue weighted by Gasteiger charge is 2.22. The molecule has 4 heteroatoms. The molecular formula is C14H18FNO2. The van der Waals surface area contributed by atoms with Gasteiger partial charge in [0.15, 0.2) is 0 Å². The van der Waals surface area contributed by atoms with Crippen LogP contribution in [-0.2, 0) is 15.0 Å². The number of rotatable bonds is 5. The van der Waals surface area contributed by atoms with Crippen LogP contribution in [0.5, 0.6) is 0 Å². The zero-order valence-electron chi connectivity index (χ0n) is 10.9. The van der Waals surface area contributed by atoms with Crippen molar-refractivity contribution >= 4 is 11.7 Å². The van der Waals surface area contributed by atoms with Crippen LogP contribution in [0.3, 0.4) is 0 Å². The van der Waals surface area contributed by atoms with Gasteiger partial charge in [0.1, 0.15) is 11.6 Å². The summed E-state index contributed by atoms with van der Waals surface area (Å²) in [7, 11) is 0. The molecule has 1 N–H and O–H groups in total. The van der Waals surface area contributed by atoms with Crippen molar-refractivity contribution in [2.45, 2.75) is 32.6 Å². The fourth-order valence-electron chi connectivity index (χ4n) is 1.62. The number of Topliss-reactive ketones (excluding diaryl/α,β-unsaturated/α-hetero) is 1. The summed E-state index contributed by atoms with van der Waals surface area (Å²) in [4.78, 5) is 22.2. The average Bonchev–Trinajstić information content (AvgIpc) is 2.26. The van der Waals surface area contributed by atoms with Crippen molar-refractivity contribution < 1.29 is 14.0 Å². The van der Waals surface area contributed by atoms with E-state index in [0.717, 1.165) is 5.56 Å². The van der Waals surface area contributed by atoms with Gasteiger partial charge in [0, 0.05) is 12.0 Å². The van der Waals surface area contributed by atoms with E-state index in [0.29, 0.717) is 6.54 Å². The monoisotopic (exact) mass is 251 g/mol. The molecule has 0 aromatic heterocycles. The molecule has 1 rings (SSSR count). The van der Waals surface area contributed by atoms with Gasteiger partial charge in [-0.05, 0) is 24.6 Å². The van der Waals surface area contributed by atoms with Gasteiger partial charge in [0.2, 0.25) is 5.91 Å². The number of amides is 1. The molecule has 0 unspecified atom stereocenters. The molecule has 0 spiro atoms. The van der Waals surface area contributed by atoms with E-state index in [-0.39, 0.29) is 29.3 Å². The molecule has 1 aromatic rings. The van der Waals surface area contributed by atoms with Crippen molar-refractivity contribution in [2.24, 2.45) is 0 Å². The third-order valence-corrected chi connectivity index (χ3v) is 2.74. The van der Waals surface area contributed by atoms with Gasteiger partial charge in [0.05, 0.1) is 6.42 Å². The number of hydrogen-bond donors (Lipinski definition) is 1. The first-order chi connectivity index (χ1) is 8.31. The lowest BCUT2D eigenvalue weighted by atomic mass is 9.84. The summed E-state index contributed by atoms with van der Waals surface area (Å²) in [6.45, 7) is 5.56. The Kier molecular flexibility index (Phi) is 4.59. The maximum Gasteiger partial charge on any atom is 0.227 e. The van der Waals surface area contributed by atoms with Crippen LogP contribution in [0.2, 0.25) is 0 Å². The number of carbonyl (C=O) groups excluding carboxylic acids is 2. The Morgan fingerprint density at radius 3 is 2.56 bits per heavy atom. The van der Waals surface area contributed by atoms with E-state index >= 15 is 0 Å². The fraction of sp³-hybridized carbons (Fsp3) is 0.429. The van der Waals surface area contributed by atoms with E-state index in [1.54, 1.807) is 6.07 Å². The Hall–Kier alpha value is -1.71. The van der Waals surface area contributed by atoms with Crippen LogP contribution in [-0.4, -0.2) is 18.2 Å². The second-order valence-corrected chi connectivity index (χ2v) is 5.05. The summed E-state index contributed by atoms with van der Waals surface area (Å²) in [6.07, 6.45) is -0.112. The molecule has 0 radical (unpaired) electrons. The average molecular weight is 251 g/mol. The number of ketones is 1. The van der Waals surface area contributed by atoms with Gasteiger partial charge in [0.25, 0.3) is 0 Å². The van der Waals surface area contributed by atoms with Gasteiger partial charge >= 0.3 is 0 Å². The van der Waals surface area contributed by atoms with Gasteiger partial charge < -0.3 is 5.32 Å². The van der Waals surface area contributed by atoms with E-state index < -0.39 is 0 Å². The predicted octanol–water partition coefficient (Wildman–Crippen LogP) is 2.20. The molecule has 98 valence electrons. The Labute approximate surface area is 106 Å². The molecule has 0 saturated heterocycles. The van der Waals surface area contributed by atoms with Gasteiger partial charge in [-0.1, -0.05) is 26.0 Å². The second kappa shape index (κ2) is 5.76. The quantitative estimate of drug-likeness (QED) is 0.815. The van der Waals surface area contributed by atoms with Crippen LogP contribution in [0.1, 0.15) is 32.8 Å². The first kappa shape index (κ1) is 14.4. The third-order valence-electron chi connectivity index (χ3n) is 2.74. The van der Waals surface area contributed by atoms with Gasteiger partial charge in [-0.25, -0.2) is 4.39 Å². The zero-order chi connectivity index (χ0) is 13.8. The number of nitrogens with one attached hydrogen (secondary N) is 1. The fourth-order valence-corrected chi connectivity index (χ4v) is 1.62. The molecule has 18 heavy (non-hydrogen) atoms. The van der Waals surface area contributed by atoms with Gasteiger partial charge in [-0.2, -0.15) is 0 Å². The summed E-state index contributed by atoms with van der Waals surface area (Å²) in [6, 6.07) is 6.30. The van der Waals surface area contributed by atoms with E-state index in [1.807, 2.05) is 19.9 Å². The number of halogens is 1. The lowest BCUT2D eigenvalue weighted by Gasteiger charge is -2.25. The van der Waals surface area contributed by atoms with Gasteiger partial charge in [-0.3, -0.25) is 9.59 Å². The van der Waals surface area contributed by atoms with E-state index in [4.69, 9.17) is 0 Å². The molecular weight excluding hydrogens is 233 g/mol. The molecule has 0 atom stereocenters. The predicted molar refractivity (Wildman–Crippen MR) is 67.7 cm³/mol. The number of carbonyl (C=O) groups is 2. The summed E-state index contributed by atoms with van der Waals surface area (Å²) >= 11 is 0. The van der Waals surface area contributed by atoms with Crippen LogP contribution in [0.15, 0.2) is 24.3 Å². The molecule has 0 fully saturated rings. The molecule has 0 aliphatic carbocycles. The minimum Gasteiger partial charge on any atom is -0.355 e. The van der Waals surface area contributed by atoms with Crippen molar-refractivity contribution in [3.05, 3.63) is 35.6 Å². The normalized spacial score (nSPS) is 11.1. The Bertz CT molecular complexity index is 455. The van der Waals surface area contributed by atoms with Crippen molar-refractivity contribution in [2.75, 3.05) is 6.54 Å². The zero-order valence-corrected chi connectivity index (χ0v) is 10.9. The van der Waals surface area contributed by atoms with Crippen LogP contribution in [0, 0.1) is 5.82 Å². The molecule has 0 heterocycles. The molecule has 1 amide bonds. The molecule has 0 saturated carbocycles. The van der Waals surface area contributed by atoms with E-state index in [9.17, 15) is 14.0 Å². The lowest BCUT2D eigenvalue weighted by Crippen LogP contribution is -2.37. The first-order valence-electron chi connectivity index (χ1n) is 5.83. The summed E-state index contributed by atoms with van der Waals surface area (Å²) in [5, 5.41) is 2.69. The molecule has 0 bridgehead atoms. The minimum absolute atomic E-state index is 0.112. The minimum atomic E-state index is -0.380. The molecule has 0 aliphatic heterocycles. The molecule has 3 nitrogen and oxygen atoms in total. The largest absolute Gasteiger partial charge is 0.355 e. The molecule has 0 aliphatic rings. The van der Waals surface area contributed by atoms with Crippen molar-refractivity contribution in [3.8, 4) is 0 Å². The number of benzene rings is 1. The summed E-state index contributed by atoms with van der Waals surface area (Å²) < 4.78 is 13.1. The van der Waals surface area contributed by atoms with Crippen LogP contribution in [0.4, 0.5) is 4.39 Å². The highest BCUT2D eigenvalue weighted by Crippen LogP contribution is 2.22. The third kappa shape index (κ3) is 4.28. The van der Waals surface area contributed by atoms with E-state index in [1.165, 1.54) is 19.1 Å². The van der Waals surface area contributed by atoms with Crippen LogP contribution in [0.25, 0.3) is 0 Å². The standard InChI is InChI=1S/C14H18FNO2/c1-10(17)7-13(18)16-9-14(2,3)11-5-4-6-12(15)8-11/h4-6,8H,7,9H2,1-3H3,(H,16,18). The second-order valence-electron chi connectivity index (χ2n) is 5.05. The van der Waals surface area contributed by atoms with E-state index in [2.05, 4.69) is 5.32 Å². The van der Waals surface area contributed by atoms with Crippen LogP contribution >= 0.6 is 0 Å². The summed E-state index contributed by atoms with van der Waals surface area (Å²) in [5.74, 6) is -0.765. The summed E-state index contributed by atoms with van der Waals surface area (Å²) in [5.41, 5.74) is 0.430. The smallest absolute Gasteiger partial charge is 0.227 e. The van der Waals surface area contributed by atoms with Crippen molar-refractivity contribution in [1.29, 1.82) is 0 Å². The van der Waals surface area contributed by atoms with Crippen molar-refractivity contribution in [3.63, 3.8) is 0 Å². The Morgan fingerprint density at radius 1 is 1.33 bits per heavy atom. The SMILES string of the molecule is CC(=O)CC(=O)NCC(C)(C)c1cccc(F)c1. The maximum atomic E-state index is 13.1. The maximum absolute atomic E-state index is 13.1. The molecule has 1 aromatic carbocycles. The Morgan fingerprint density at radius 2 is 2.00 bits per heavy atom. The van der Waals surface area contributed by atoms with Crippen molar-refractivity contribution in [1.82, 2.24) is 5.32 Å². The van der Waals surface area contributed by atoms with Gasteiger partial charge in [-0.15, -0.1) is 0 Å². The topological polar surface area (TPSA) is 46.2 Å². The highest BCUT2D eigenvalue weighted by atomic mass is 19.1. The van der Waals surface area contributed by atoms with Crippen LogP contribution < -0.4 is 5.32 Å². The first-order valence-corrected chi connectivity index (χ1v) is 5.83. The number of hydrogen-bond acceptors (Lipinski definition) is 2. The highest BCUT2D eigenvalue weighted by molar-refractivity contribution is 5.96.